The molecule has 0 fully saturated rings. The third-order valence-corrected chi connectivity index (χ3v) is 8.22. The fraction of sp³-hybridized carbons (Fsp3) is 0.281. The number of esters is 2. The zero-order valence-electron chi connectivity index (χ0n) is 23.7. The monoisotopic (exact) mass is 599 g/mol. The van der Waals surface area contributed by atoms with Crippen LogP contribution in [-0.4, -0.2) is 41.8 Å². The van der Waals surface area contributed by atoms with Crippen molar-refractivity contribution < 1.29 is 37.0 Å². The lowest BCUT2D eigenvalue weighted by Gasteiger charge is -2.24. The lowest BCUT2D eigenvalue weighted by atomic mass is 10.1. The molecular formula is C32H33F3NO5P. The van der Waals surface area contributed by atoms with Crippen molar-refractivity contribution in [1.29, 1.82) is 0 Å². The van der Waals surface area contributed by atoms with Gasteiger partial charge in [-0.3, -0.25) is 4.79 Å². The predicted octanol–water partition coefficient (Wildman–Crippen LogP) is 5.33. The van der Waals surface area contributed by atoms with Gasteiger partial charge in [0, 0.05) is 0 Å². The van der Waals surface area contributed by atoms with Gasteiger partial charge >= 0.3 is 24.0 Å². The van der Waals surface area contributed by atoms with E-state index in [0.29, 0.717) is 5.56 Å². The Morgan fingerprint density at radius 1 is 0.857 bits per heavy atom. The van der Waals surface area contributed by atoms with Crippen molar-refractivity contribution in [3.8, 4) is 0 Å². The summed E-state index contributed by atoms with van der Waals surface area (Å²) in [6.07, 6.45) is -3.45. The van der Waals surface area contributed by atoms with E-state index in [-0.39, 0.29) is 6.42 Å². The van der Waals surface area contributed by atoms with E-state index < -0.39 is 49.7 Å². The molecule has 0 bridgehead atoms. The van der Waals surface area contributed by atoms with Gasteiger partial charge in [0.15, 0.2) is 0 Å². The highest BCUT2D eigenvalue weighted by atomic mass is 31.1. The molecule has 10 heteroatoms. The summed E-state index contributed by atoms with van der Waals surface area (Å²) in [6, 6.07) is 25.3. The Bertz CT molecular complexity index is 1350. The van der Waals surface area contributed by atoms with Crippen LogP contribution in [0.4, 0.5) is 13.2 Å². The largest absolute Gasteiger partial charge is 0.471 e. The molecule has 0 saturated heterocycles. The van der Waals surface area contributed by atoms with Crippen LogP contribution in [0.25, 0.3) is 0 Å². The van der Waals surface area contributed by atoms with Crippen LogP contribution < -0.4 is 21.2 Å². The molecule has 0 unspecified atom stereocenters. The van der Waals surface area contributed by atoms with E-state index in [1.807, 2.05) is 72.8 Å². The van der Waals surface area contributed by atoms with Gasteiger partial charge in [-0.1, -0.05) is 84.9 Å². The Morgan fingerprint density at radius 3 is 1.90 bits per heavy atom. The molecule has 3 aromatic carbocycles. The van der Waals surface area contributed by atoms with Gasteiger partial charge in [-0.2, -0.15) is 13.2 Å². The number of hydrogen-bond acceptors (Lipinski definition) is 5. The number of amides is 1. The fourth-order valence-corrected chi connectivity index (χ4v) is 6.36. The molecule has 2 atom stereocenters. The van der Waals surface area contributed by atoms with E-state index in [1.54, 1.807) is 45.1 Å². The molecular weight excluding hydrogens is 566 g/mol. The first kappa shape index (κ1) is 32.5. The standard InChI is InChI=1S/C32H33F3NO5P/c1-22(14-13-20-26(29(38)41-31(2,3)4)36-30(39)32(33,34)35)40-28(37)25-19-11-12-21-27(25)42(23-15-7-5-8-16-23)24-17-9-6-10-18-24/h5-19,21-22,26H,20H2,1-4H3,(H,36,39)/b14-13+/t22-,26+/m0/s1. The first-order valence-electron chi connectivity index (χ1n) is 13.2. The van der Waals surface area contributed by atoms with Crippen LogP contribution in [0, 0.1) is 0 Å². The number of hydrogen-bond donors (Lipinski definition) is 1. The Hall–Kier alpha value is -3.97. The van der Waals surface area contributed by atoms with Gasteiger partial charge in [-0.15, -0.1) is 0 Å². The molecule has 0 radical (unpaired) electrons. The minimum Gasteiger partial charge on any atom is -0.458 e. The average Bonchev–Trinajstić information content (AvgIpc) is 2.92. The number of carbonyl (C=O) groups excluding carboxylic acids is 3. The summed E-state index contributed by atoms with van der Waals surface area (Å²) >= 11 is 0. The normalized spacial score (nSPS) is 13.4. The van der Waals surface area contributed by atoms with Crippen molar-refractivity contribution in [2.45, 2.75) is 58.0 Å². The molecule has 3 aromatic rings. The Balaban J connectivity index is 1.78. The van der Waals surface area contributed by atoms with Crippen molar-refractivity contribution in [2.24, 2.45) is 0 Å². The quantitative estimate of drug-likeness (QED) is 0.194. The molecule has 0 aromatic heterocycles. The van der Waals surface area contributed by atoms with Gasteiger partial charge in [0.25, 0.3) is 0 Å². The van der Waals surface area contributed by atoms with Crippen LogP contribution >= 0.6 is 7.92 Å². The summed E-state index contributed by atoms with van der Waals surface area (Å²) in [5, 5.41) is 4.60. The zero-order valence-corrected chi connectivity index (χ0v) is 24.6. The number of alkyl halides is 3. The second kappa shape index (κ2) is 14.3. The maximum absolute atomic E-state index is 13.4. The fourth-order valence-electron chi connectivity index (χ4n) is 3.93. The summed E-state index contributed by atoms with van der Waals surface area (Å²) in [5.41, 5.74) is -0.586. The molecule has 3 rings (SSSR count). The van der Waals surface area contributed by atoms with Crippen molar-refractivity contribution in [1.82, 2.24) is 5.32 Å². The first-order valence-corrected chi connectivity index (χ1v) is 14.6. The molecule has 0 heterocycles. The van der Waals surface area contributed by atoms with Gasteiger partial charge in [-0.05, 0) is 70.1 Å². The van der Waals surface area contributed by atoms with E-state index in [9.17, 15) is 27.6 Å². The summed E-state index contributed by atoms with van der Waals surface area (Å²) < 4.78 is 49.3. The van der Waals surface area contributed by atoms with Crippen molar-refractivity contribution in [2.75, 3.05) is 0 Å². The molecule has 42 heavy (non-hydrogen) atoms. The molecule has 0 aliphatic rings. The van der Waals surface area contributed by atoms with Gasteiger partial charge < -0.3 is 14.8 Å². The highest BCUT2D eigenvalue weighted by Gasteiger charge is 2.41. The van der Waals surface area contributed by atoms with Gasteiger partial charge in [0.2, 0.25) is 0 Å². The van der Waals surface area contributed by atoms with Crippen LogP contribution in [0.5, 0.6) is 0 Å². The van der Waals surface area contributed by atoms with E-state index in [4.69, 9.17) is 9.47 Å². The minimum absolute atomic E-state index is 0.303. The van der Waals surface area contributed by atoms with E-state index in [0.717, 1.165) is 15.9 Å². The SMILES string of the molecule is C[C@@H](/C=C/C[C@@H](NC(=O)C(F)(F)F)C(=O)OC(C)(C)C)OC(=O)c1ccccc1P(c1ccccc1)c1ccccc1. The molecule has 6 nitrogen and oxygen atoms in total. The van der Waals surface area contributed by atoms with Crippen molar-refractivity contribution in [3.63, 3.8) is 0 Å². The minimum atomic E-state index is -5.17. The summed E-state index contributed by atoms with van der Waals surface area (Å²) in [4.78, 5) is 37.3. The second-order valence-electron chi connectivity index (χ2n) is 10.4. The van der Waals surface area contributed by atoms with Gasteiger partial charge in [0.1, 0.15) is 17.7 Å². The number of ether oxygens (including phenoxy) is 2. The molecule has 0 aliphatic heterocycles. The summed E-state index contributed by atoms with van der Waals surface area (Å²) in [5.74, 6) is -3.84. The number of halogens is 3. The zero-order chi connectivity index (χ0) is 30.9. The van der Waals surface area contributed by atoms with Crippen LogP contribution in [0.15, 0.2) is 97.1 Å². The van der Waals surface area contributed by atoms with Crippen LogP contribution in [0.2, 0.25) is 0 Å². The number of carbonyl (C=O) groups is 3. The highest BCUT2D eigenvalue weighted by Crippen LogP contribution is 2.34. The van der Waals surface area contributed by atoms with E-state index in [2.05, 4.69) is 0 Å². The highest BCUT2D eigenvalue weighted by molar-refractivity contribution is 7.80. The van der Waals surface area contributed by atoms with Crippen LogP contribution in [-0.2, 0) is 19.1 Å². The molecule has 0 saturated carbocycles. The molecule has 1 amide bonds. The van der Waals surface area contributed by atoms with E-state index >= 15 is 0 Å². The third-order valence-electron chi connectivity index (χ3n) is 5.72. The Labute approximate surface area is 244 Å². The van der Waals surface area contributed by atoms with Gasteiger partial charge in [-0.25, -0.2) is 9.59 Å². The Kier molecular flexibility index (Phi) is 11.1. The predicted molar refractivity (Wildman–Crippen MR) is 158 cm³/mol. The number of nitrogens with one attached hydrogen (secondary N) is 1. The lowest BCUT2D eigenvalue weighted by molar-refractivity contribution is -0.177. The van der Waals surface area contributed by atoms with Crippen LogP contribution in [0.1, 0.15) is 44.5 Å². The maximum Gasteiger partial charge on any atom is 0.471 e. The van der Waals surface area contributed by atoms with Gasteiger partial charge in [0.05, 0.1) is 5.56 Å². The average molecular weight is 600 g/mol. The third kappa shape index (κ3) is 9.55. The topological polar surface area (TPSA) is 81.7 Å². The summed E-state index contributed by atoms with van der Waals surface area (Å²) in [7, 11) is -1.08. The molecule has 222 valence electrons. The first-order chi connectivity index (χ1) is 19.8. The number of benzene rings is 3. The second-order valence-corrected chi connectivity index (χ2v) is 12.5. The van der Waals surface area contributed by atoms with E-state index in [1.165, 1.54) is 12.2 Å². The molecule has 0 spiro atoms. The van der Waals surface area contributed by atoms with Crippen molar-refractivity contribution >= 4 is 41.7 Å². The summed E-state index contributed by atoms with van der Waals surface area (Å²) in [6.45, 7) is 6.27. The maximum atomic E-state index is 13.4. The lowest BCUT2D eigenvalue weighted by Crippen LogP contribution is -2.48. The molecule has 0 aliphatic carbocycles. The van der Waals surface area contributed by atoms with Crippen molar-refractivity contribution in [3.05, 3.63) is 103 Å². The van der Waals surface area contributed by atoms with Crippen LogP contribution in [0.3, 0.4) is 0 Å². The number of rotatable bonds is 10. The Morgan fingerprint density at radius 2 is 1.38 bits per heavy atom. The molecule has 1 N–H and O–H groups in total. The smallest absolute Gasteiger partial charge is 0.458 e.